The quantitative estimate of drug-likeness (QED) is 0.0750. The highest BCUT2D eigenvalue weighted by Gasteiger charge is 1.95. The van der Waals surface area contributed by atoms with E-state index in [0.29, 0.717) is 0 Å². The van der Waals surface area contributed by atoms with Crippen LogP contribution < -0.4 is 0 Å². The molecular weight excluding hydrogens is 456 g/mol. The van der Waals surface area contributed by atoms with Gasteiger partial charge in [-0.3, -0.25) is 0 Å². The van der Waals surface area contributed by atoms with Crippen molar-refractivity contribution in [3.05, 3.63) is 0 Å². The molecule has 0 aliphatic rings. The lowest BCUT2D eigenvalue weighted by Gasteiger charge is -2.04. The summed E-state index contributed by atoms with van der Waals surface area (Å²) in [6.45, 7) is 9.17. The third-order valence-electron chi connectivity index (χ3n) is 8.41. The molecule has 0 aromatic heterocycles. The normalized spacial score (nSPS) is 11.1. The van der Waals surface area contributed by atoms with E-state index in [0.717, 1.165) is 0 Å². The number of rotatable bonds is 32. The Labute approximate surface area is 245 Å². The van der Waals surface area contributed by atoms with Gasteiger partial charge >= 0.3 is 0 Å². The van der Waals surface area contributed by atoms with Crippen LogP contribution in [-0.4, -0.2) is 0 Å². The maximum atomic E-state index is 2.30. The summed E-state index contributed by atoms with van der Waals surface area (Å²) in [6.07, 6.45) is 49.8. The Morgan fingerprint density at radius 2 is 0.211 bits per heavy atom. The lowest BCUT2D eigenvalue weighted by molar-refractivity contribution is 0.520. The fourth-order valence-electron chi connectivity index (χ4n) is 5.60. The predicted molar refractivity (Wildman–Crippen MR) is 180 cm³/mol. The lowest BCUT2D eigenvalue weighted by Crippen LogP contribution is -1.84. The first kappa shape index (κ1) is 40.1. The first-order valence-corrected chi connectivity index (χ1v) is 18.8. The summed E-state index contributed by atoms with van der Waals surface area (Å²) in [4.78, 5) is 0. The predicted octanol–water partition coefficient (Wildman–Crippen LogP) is 15.3. The van der Waals surface area contributed by atoms with Gasteiger partial charge in [-0.15, -0.1) is 0 Å². The molecule has 0 spiro atoms. The van der Waals surface area contributed by atoms with Crippen LogP contribution in [0.3, 0.4) is 0 Å². The second kappa shape index (κ2) is 41.5. The van der Waals surface area contributed by atoms with E-state index in [4.69, 9.17) is 0 Å². The van der Waals surface area contributed by atoms with E-state index in [1.54, 1.807) is 0 Å². The minimum Gasteiger partial charge on any atom is -0.0654 e. The smallest absolute Gasteiger partial charge is 0.0533 e. The topological polar surface area (TPSA) is 0 Å². The number of hydrogen-bond acceptors (Lipinski definition) is 0. The van der Waals surface area contributed by atoms with Crippen molar-refractivity contribution in [3.63, 3.8) is 0 Å². The molecule has 0 aromatic rings. The first-order chi connectivity index (χ1) is 18.8. The Morgan fingerprint density at radius 3 is 0.289 bits per heavy atom. The summed E-state index contributed by atoms with van der Waals surface area (Å²) >= 11 is 0. The average molecular weight is 537 g/mol. The summed E-state index contributed by atoms with van der Waals surface area (Å²) in [7, 11) is 0. The summed E-state index contributed by atoms with van der Waals surface area (Å²) in [5, 5.41) is 0. The van der Waals surface area contributed by atoms with Crippen molar-refractivity contribution >= 4 is 0 Å². The van der Waals surface area contributed by atoms with Crippen LogP contribution >= 0.6 is 0 Å². The van der Waals surface area contributed by atoms with Gasteiger partial charge in [0.15, 0.2) is 0 Å². The van der Waals surface area contributed by atoms with Gasteiger partial charge in [-0.05, 0) is 0 Å². The SMILES string of the molecule is CCCCCCCCCCCCCC.CCCCCCCCCCCCCCCCCCCCCCCC. The van der Waals surface area contributed by atoms with Crippen LogP contribution in [0.4, 0.5) is 0 Å². The molecule has 0 aromatic carbocycles. The molecule has 0 saturated heterocycles. The molecule has 0 N–H and O–H groups in total. The van der Waals surface area contributed by atoms with Crippen LogP contribution in [-0.2, 0) is 0 Å². The molecule has 0 heteroatoms. The van der Waals surface area contributed by atoms with Crippen LogP contribution in [0.1, 0.15) is 246 Å². The molecule has 0 aliphatic heterocycles. The van der Waals surface area contributed by atoms with Crippen molar-refractivity contribution in [2.45, 2.75) is 246 Å². The van der Waals surface area contributed by atoms with Crippen LogP contribution in [0.2, 0.25) is 0 Å². The van der Waals surface area contributed by atoms with Gasteiger partial charge in [-0.1, -0.05) is 246 Å². The third kappa shape index (κ3) is 43.1. The molecular formula is C38H80. The fraction of sp³-hybridized carbons (Fsp3) is 1.00. The molecule has 0 amide bonds. The van der Waals surface area contributed by atoms with Crippen molar-refractivity contribution in [3.8, 4) is 0 Å². The van der Waals surface area contributed by atoms with Crippen LogP contribution in [0.5, 0.6) is 0 Å². The molecule has 0 fully saturated rings. The highest BCUT2D eigenvalue weighted by atomic mass is 14.0. The minimum absolute atomic E-state index is 1.37. The summed E-state index contributed by atoms with van der Waals surface area (Å²) < 4.78 is 0. The lowest BCUT2D eigenvalue weighted by atomic mass is 10.0. The van der Waals surface area contributed by atoms with Crippen molar-refractivity contribution < 1.29 is 0 Å². The number of hydrogen-bond donors (Lipinski definition) is 0. The monoisotopic (exact) mass is 537 g/mol. The van der Waals surface area contributed by atoms with E-state index < -0.39 is 0 Å². The zero-order valence-electron chi connectivity index (χ0n) is 28.0. The fourth-order valence-corrected chi connectivity index (χ4v) is 5.60. The molecule has 232 valence electrons. The van der Waals surface area contributed by atoms with Crippen molar-refractivity contribution in [2.24, 2.45) is 0 Å². The molecule has 0 heterocycles. The van der Waals surface area contributed by atoms with Gasteiger partial charge in [-0.25, -0.2) is 0 Å². The van der Waals surface area contributed by atoms with Crippen LogP contribution in [0, 0.1) is 0 Å². The highest BCUT2D eigenvalue weighted by Crippen LogP contribution is 2.15. The maximum Gasteiger partial charge on any atom is -0.0533 e. The molecule has 0 rings (SSSR count). The Balaban J connectivity index is 0. The molecule has 0 unspecified atom stereocenters. The van der Waals surface area contributed by atoms with E-state index in [9.17, 15) is 0 Å². The van der Waals surface area contributed by atoms with E-state index in [-0.39, 0.29) is 0 Å². The molecule has 0 bridgehead atoms. The summed E-state index contributed by atoms with van der Waals surface area (Å²) in [5.41, 5.74) is 0. The maximum absolute atomic E-state index is 2.30. The zero-order valence-corrected chi connectivity index (χ0v) is 28.0. The Kier molecular flexibility index (Phi) is 43.8. The molecule has 0 aliphatic carbocycles. The third-order valence-corrected chi connectivity index (χ3v) is 8.41. The van der Waals surface area contributed by atoms with E-state index in [2.05, 4.69) is 27.7 Å². The second-order valence-electron chi connectivity index (χ2n) is 12.6. The van der Waals surface area contributed by atoms with Gasteiger partial charge in [0, 0.05) is 0 Å². The Morgan fingerprint density at radius 1 is 0.132 bits per heavy atom. The Bertz CT molecular complexity index is 312. The minimum atomic E-state index is 1.37. The molecule has 0 saturated carbocycles. The van der Waals surface area contributed by atoms with Gasteiger partial charge in [0.2, 0.25) is 0 Å². The molecule has 0 radical (unpaired) electrons. The van der Waals surface area contributed by atoms with Crippen molar-refractivity contribution in [1.29, 1.82) is 0 Å². The second-order valence-corrected chi connectivity index (χ2v) is 12.6. The van der Waals surface area contributed by atoms with Gasteiger partial charge in [0.05, 0.1) is 0 Å². The summed E-state index contributed by atoms with van der Waals surface area (Å²) in [6, 6.07) is 0. The van der Waals surface area contributed by atoms with Gasteiger partial charge in [0.25, 0.3) is 0 Å². The van der Waals surface area contributed by atoms with E-state index in [1.165, 1.54) is 218 Å². The van der Waals surface area contributed by atoms with Crippen molar-refractivity contribution in [2.75, 3.05) is 0 Å². The largest absolute Gasteiger partial charge is 0.0654 e. The molecule has 0 atom stereocenters. The average Bonchev–Trinajstić information content (AvgIpc) is 2.93. The Hall–Kier alpha value is 0. The molecule has 0 nitrogen and oxygen atoms in total. The molecule has 38 heavy (non-hydrogen) atoms. The zero-order chi connectivity index (χ0) is 28.0. The van der Waals surface area contributed by atoms with Gasteiger partial charge in [-0.2, -0.15) is 0 Å². The number of unbranched alkanes of at least 4 members (excludes halogenated alkanes) is 32. The van der Waals surface area contributed by atoms with Crippen LogP contribution in [0.25, 0.3) is 0 Å². The van der Waals surface area contributed by atoms with Crippen LogP contribution in [0.15, 0.2) is 0 Å². The van der Waals surface area contributed by atoms with Gasteiger partial charge < -0.3 is 0 Å². The van der Waals surface area contributed by atoms with Gasteiger partial charge in [0.1, 0.15) is 0 Å². The van der Waals surface area contributed by atoms with Crippen molar-refractivity contribution in [1.82, 2.24) is 0 Å². The van der Waals surface area contributed by atoms with E-state index >= 15 is 0 Å². The first-order valence-electron chi connectivity index (χ1n) is 18.8. The van der Waals surface area contributed by atoms with E-state index in [1.807, 2.05) is 0 Å². The summed E-state index contributed by atoms with van der Waals surface area (Å²) in [5.74, 6) is 0. The standard InChI is InChI=1S/C24H50.C14H30/c1-3-5-7-9-11-13-15-17-19-21-23-24-22-20-18-16-14-12-10-8-6-4-2;1-3-5-7-9-11-13-14-12-10-8-6-4-2/h3-24H2,1-2H3;3-14H2,1-2H3. The highest BCUT2D eigenvalue weighted by molar-refractivity contribution is 4.51.